The summed E-state index contributed by atoms with van der Waals surface area (Å²) in [6.07, 6.45) is 0. The van der Waals surface area contributed by atoms with Gasteiger partial charge >= 0.3 is 0 Å². The van der Waals surface area contributed by atoms with Gasteiger partial charge in [0.05, 0.1) is 34.9 Å². The van der Waals surface area contributed by atoms with Crippen molar-refractivity contribution in [3.63, 3.8) is 0 Å². The van der Waals surface area contributed by atoms with E-state index in [2.05, 4.69) is 17.6 Å². The molecule has 1 aliphatic rings. The number of sulfonamides is 1. The van der Waals surface area contributed by atoms with Gasteiger partial charge in [0.2, 0.25) is 10.0 Å². The van der Waals surface area contributed by atoms with Gasteiger partial charge < -0.3 is 9.30 Å². The molecule has 6 nitrogen and oxygen atoms in total. The molecule has 1 aliphatic heterocycles. The molecule has 160 valence electrons. The van der Waals surface area contributed by atoms with Crippen LogP contribution in [-0.2, 0) is 32.8 Å². The number of ether oxygens (including phenoxy) is 1. The molecule has 1 saturated heterocycles. The van der Waals surface area contributed by atoms with Crippen LogP contribution in [0.4, 0.5) is 0 Å². The standard InChI is InChI=1S/C21H24ClN3O3S2/c1-2-25-20-7-6-18(30(26,27)24-8-10-28-11-9-24)13-19(20)23-21(25)15-29-14-16-4-3-5-17(22)12-16/h3-7,12-13H,2,8-11,14-15H2,1H3. The lowest BCUT2D eigenvalue weighted by Gasteiger charge is -2.26. The topological polar surface area (TPSA) is 64.4 Å². The summed E-state index contributed by atoms with van der Waals surface area (Å²) in [5, 5.41) is 0.739. The summed E-state index contributed by atoms with van der Waals surface area (Å²) in [6.45, 7) is 4.48. The van der Waals surface area contributed by atoms with E-state index in [1.165, 1.54) is 9.87 Å². The molecule has 0 spiro atoms. The molecule has 30 heavy (non-hydrogen) atoms. The van der Waals surface area contributed by atoms with E-state index in [4.69, 9.17) is 21.3 Å². The normalized spacial score (nSPS) is 15.7. The Morgan fingerprint density at radius 1 is 1.13 bits per heavy atom. The van der Waals surface area contributed by atoms with Gasteiger partial charge in [0.25, 0.3) is 0 Å². The lowest BCUT2D eigenvalue weighted by Crippen LogP contribution is -2.40. The number of morpholine rings is 1. The molecule has 3 aromatic rings. The van der Waals surface area contributed by atoms with Crippen LogP contribution in [0.3, 0.4) is 0 Å². The maximum absolute atomic E-state index is 13.0. The number of rotatable bonds is 7. The van der Waals surface area contributed by atoms with Gasteiger partial charge in [-0.2, -0.15) is 4.31 Å². The predicted octanol–water partition coefficient (Wildman–Crippen LogP) is 4.16. The zero-order chi connectivity index (χ0) is 21.1. The zero-order valence-electron chi connectivity index (χ0n) is 16.8. The van der Waals surface area contributed by atoms with Crippen LogP contribution in [0.1, 0.15) is 18.3 Å². The molecule has 2 heterocycles. The number of thioether (sulfide) groups is 1. The smallest absolute Gasteiger partial charge is 0.243 e. The average Bonchev–Trinajstić information content (AvgIpc) is 3.11. The molecule has 9 heteroatoms. The summed E-state index contributed by atoms with van der Waals surface area (Å²) >= 11 is 7.83. The zero-order valence-corrected chi connectivity index (χ0v) is 19.1. The van der Waals surface area contributed by atoms with Crippen molar-refractivity contribution in [3.8, 4) is 0 Å². The van der Waals surface area contributed by atoms with Gasteiger partial charge in [-0.05, 0) is 42.8 Å². The number of halogens is 1. The third-order valence-corrected chi connectivity index (χ3v) is 8.24. The van der Waals surface area contributed by atoms with Crippen LogP contribution in [0.5, 0.6) is 0 Å². The molecule has 0 atom stereocenters. The minimum Gasteiger partial charge on any atom is -0.379 e. The van der Waals surface area contributed by atoms with Gasteiger partial charge in [0.15, 0.2) is 0 Å². The molecule has 0 unspecified atom stereocenters. The van der Waals surface area contributed by atoms with Crippen molar-refractivity contribution in [2.24, 2.45) is 0 Å². The molecule has 1 aromatic heterocycles. The number of nitrogens with zero attached hydrogens (tertiary/aromatic N) is 3. The van der Waals surface area contributed by atoms with Gasteiger partial charge in [0, 0.05) is 30.4 Å². The summed E-state index contributed by atoms with van der Waals surface area (Å²) in [5.41, 5.74) is 2.84. The van der Waals surface area contributed by atoms with E-state index >= 15 is 0 Å². The molecule has 0 aliphatic carbocycles. The second-order valence-corrected chi connectivity index (χ2v) is 10.4. The van der Waals surface area contributed by atoms with Gasteiger partial charge in [-0.3, -0.25) is 0 Å². The molecule has 2 aromatic carbocycles. The fourth-order valence-electron chi connectivity index (χ4n) is 3.61. The molecule has 0 radical (unpaired) electrons. The molecule has 1 fully saturated rings. The van der Waals surface area contributed by atoms with Gasteiger partial charge in [0.1, 0.15) is 5.82 Å². The lowest BCUT2D eigenvalue weighted by atomic mass is 10.2. The Hall–Kier alpha value is -1.58. The highest BCUT2D eigenvalue weighted by atomic mass is 35.5. The summed E-state index contributed by atoms with van der Waals surface area (Å²) < 4.78 is 34.8. The molecule has 0 amide bonds. The summed E-state index contributed by atoms with van der Waals surface area (Å²) in [4.78, 5) is 5.05. The number of aryl methyl sites for hydroxylation is 1. The van der Waals surface area contributed by atoms with Crippen LogP contribution in [0.25, 0.3) is 11.0 Å². The van der Waals surface area contributed by atoms with Crippen LogP contribution >= 0.6 is 23.4 Å². The first kappa shape index (κ1) is 21.6. The van der Waals surface area contributed by atoms with E-state index in [0.29, 0.717) is 31.8 Å². The Labute approximate surface area is 186 Å². The molecule has 0 bridgehead atoms. The number of benzene rings is 2. The lowest BCUT2D eigenvalue weighted by molar-refractivity contribution is 0.0730. The first-order valence-corrected chi connectivity index (χ1v) is 12.9. The third-order valence-electron chi connectivity index (χ3n) is 5.11. The fourth-order valence-corrected chi connectivity index (χ4v) is 6.17. The third kappa shape index (κ3) is 4.53. The average molecular weight is 466 g/mol. The van der Waals surface area contributed by atoms with Crippen molar-refractivity contribution in [1.29, 1.82) is 0 Å². The van der Waals surface area contributed by atoms with Crippen molar-refractivity contribution >= 4 is 44.4 Å². The highest BCUT2D eigenvalue weighted by Gasteiger charge is 2.27. The summed E-state index contributed by atoms with van der Waals surface area (Å²) in [6, 6.07) is 13.1. The van der Waals surface area contributed by atoms with Crippen molar-refractivity contribution < 1.29 is 13.2 Å². The Morgan fingerprint density at radius 3 is 2.67 bits per heavy atom. The first-order chi connectivity index (χ1) is 14.5. The molecular formula is C21H24ClN3O3S2. The highest BCUT2D eigenvalue weighted by Crippen LogP contribution is 2.26. The van der Waals surface area contributed by atoms with Crippen LogP contribution in [0.2, 0.25) is 5.02 Å². The Bertz CT molecular complexity index is 1140. The minimum absolute atomic E-state index is 0.288. The molecule has 0 saturated carbocycles. The first-order valence-electron chi connectivity index (χ1n) is 9.88. The fraction of sp³-hybridized carbons (Fsp3) is 0.381. The number of fused-ring (bicyclic) bond motifs is 1. The second kappa shape index (κ2) is 9.28. The van der Waals surface area contributed by atoms with E-state index in [9.17, 15) is 8.42 Å². The van der Waals surface area contributed by atoms with Crippen LogP contribution in [-0.4, -0.2) is 48.6 Å². The van der Waals surface area contributed by atoms with Gasteiger partial charge in [-0.1, -0.05) is 23.7 Å². The number of hydrogen-bond donors (Lipinski definition) is 0. The van der Waals surface area contributed by atoms with Crippen molar-refractivity contribution in [3.05, 3.63) is 58.9 Å². The van der Waals surface area contributed by atoms with Crippen LogP contribution in [0.15, 0.2) is 47.4 Å². The van der Waals surface area contributed by atoms with E-state index < -0.39 is 10.0 Å². The Morgan fingerprint density at radius 2 is 1.93 bits per heavy atom. The van der Waals surface area contributed by atoms with E-state index in [-0.39, 0.29) is 4.90 Å². The van der Waals surface area contributed by atoms with Gasteiger partial charge in [-0.15, -0.1) is 11.8 Å². The number of imidazole rings is 1. The van der Waals surface area contributed by atoms with Crippen molar-refractivity contribution in [2.45, 2.75) is 29.9 Å². The van der Waals surface area contributed by atoms with Crippen LogP contribution in [0, 0.1) is 0 Å². The molecular weight excluding hydrogens is 442 g/mol. The summed E-state index contributed by atoms with van der Waals surface area (Å²) in [7, 11) is -3.53. The quantitative estimate of drug-likeness (QED) is 0.524. The Balaban J connectivity index is 1.56. The summed E-state index contributed by atoms with van der Waals surface area (Å²) in [5.74, 6) is 2.52. The van der Waals surface area contributed by atoms with E-state index in [0.717, 1.165) is 34.4 Å². The van der Waals surface area contributed by atoms with Crippen molar-refractivity contribution in [1.82, 2.24) is 13.9 Å². The van der Waals surface area contributed by atoms with E-state index in [1.807, 2.05) is 24.3 Å². The number of hydrogen-bond acceptors (Lipinski definition) is 5. The Kier molecular flexibility index (Phi) is 6.69. The van der Waals surface area contributed by atoms with Gasteiger partial charge in [-0.25, -0.2) is 13.4 Å². The minimum atomic E-state index is -3.53. The van der Waals surface area contributed by atoms with Crippen molar-refractivity contribution in [2.75, 3.05) is 26.3 Å². The second-order valence-electron chi connectivity index (χ2n) is 7.06. The maximum atomic E-state index is 13.0. The largest absolute Gasteiger partial charge is 0.379 e. The monoisotopic (exact) mass is 465 g/mol. The predicted molar refractivity (Wildman–Crippen MR) is 121 cm³/mol. The molecule has 4 rings (SSSR count). The highest BCUT2D eigenvalue weighted by molar-refractivity contribution is 7.97. The molecule has 0 N–H and O–H groups in total. The SMILES string of the molecule is CCn1c(CSCc2cccc(Cl)c2)nc2cc(S(=O)(=O)N3CCOCC3)ccc21. The maximum Gasteiger partial charge on any atom is 0.243 e. The number of aromatic nitrogens is 2. The van der Waals surface area contributed by atoms with Crippen LogP contribution < -0.4 is 0 Å². The van der Waals surface area contributed by atoms with E-state index in [1.54, 1.807) is 23.9 Å².